The summed E-state index contributed by atoms with van der Waals surface area (Å²) >= 11 is 0. The van der Waals surface area contributed by atoms with Crippen LogP contribution in [0.25, 0.3) is 0 Å². The Morgan fingerprint density at radius 1 is 1.69 bits per heavy atom. The molecule has 2 heterocycles. The molecule has 1 aliphatic heterocycles. The lowest BCUT2D eigenvalue weighted by molar-refractivity contribution is 0.0224. The van der Waals surface area contributed by atoms with Crippen LogP contribution in [0.4, 0.5) is 0 Å². The van der Waals surface area contributed by atoms with Crippen LogP contribution in [0.15, 0.2) is 12.4 Å². The average molecular weight is 181 g/mol. The van der Waals surface area contributed by atoms with Crippen molar-refractivity contribution in [1.82, 2.24) is 14.9 Å². The number of aryl methyl sites for hydroxylation is 1. The lowest BCUT2D eigenvalue weighted by Gasteiger charge is -2.38. The number of hydrogen-bond acceptors (Lipinski definition) is 3. The molecule has 4 heteroatoms. The van der Waals surface area contributed by atoms with Gasteiger partial charge in [-0.25, -0.2) is 4.98 Å². The maximum absolute atomic E-state index is 5.79. The van der Waals surface area contributed by atoms with E-state index in [0.29, 0.717) is 0 Å². The van der Waals surface area contributed by atoms with Crippen LogP contribution in [-0.4, -0.2) is 28.2 Å². The van der Waals surface area contributed by atoms with E-state index in [1.165, 1.54) is 0 Å². The molecule has 0 unspecified atom stereocenters. The van der Waals surface area contributed by atoms with Crippen molar-refractivity contribution in [3.05, 3.63) is 12.4 Å². The molecular weight excluding hydrogens is 166 g/mol. The van der Waals surface area contributed by atoms with Crippen LogP contribution in [0, 0.1) is 0 Å². The molecule has 1 aromatic heterocycles. The van der Waals surface area contributed by atoms with Crippen molar-refractivity contribution in [1.29, 1.82) is 0 Å². The average Bonchev–Trinajstić information content (AvgIpc) is 2.49. The molecule has 1 fully saturated rings. The topological polar surface area (TPSA) is 39.1 Å². The lowest BCUT2D eigenvalue weighted by Crippen LogP contribution is -2.61. The predicted molar refractivity (Wildman–Crippen MR) is 49.8 cm³/mol. The van der Waals surface area contributed by atoms with E-state index in [0.717, 1.165) is 25.6 Å². The van der Waals surface area contributed by atoms with E-state index in [4.69, 9.17) is 4.74 Å². The maximum Gasteiger partial charge on any atom is 0.296 e. The molecular formula is C9H15N3O. The van der Waals surface area contributed by atoms with Gasteiger partial charge in [0.25, 0.3) is 6.01 Å². The van der Waals surface area contributed by atoms with Crippen molar-refractivity contribution in [3.63, 3.8) is 0 Å². The number of nitrogens with zero attached hydrogens (tertiary/aromatic N) is 2. The first-order valence-corrected chi connectivity index (χ1v) is 4.64. The van der Waals surface area contributed by atoms with E-state index in [1.807, 2.05) is 10.8 Å². The van der Waals surface area contributed by atoms with E-state index in [2.05, 4.69) is 24.1 Å². The predicted octanol–water partition coefficient (Wildman–Crippen LogP) is 0.644. The van der Waals surface area contributed by atoms with Crippen LogP contribution in [0.2, 0.25) is 0 Å². The van der Waals surface area contributed by atoms with Gasteiger partial charge >= 0.3 is 0 Å². The highest BCUT2D eigenvalue weighted by Gasteiger charge is 2.34. The summed E-state index contributed by atoms with van der Waals surface area (Å²) in [4.78, 5) is 4.17. The zero-order chi connectivity index (χ0) is 9.31. The third kappa shape index (κ3) is 1.54. The van der Waals surface area contributed by atoms with E-state index >= 15 is 0 Å². The Kier molecular flexibility index (Phi) is 2.00. The highest BCUT2D eigenvalue weighted by atomic mass is 16.5. The number of rotatable bonds is 3. The standard InChI is InChI=1S/C9H15N3O/c1-3-12-5-4-11-8(12)13-9(2)6-10-7-9/h4-5,10H,3,6-7H2,1-2H3. The van der Waals surface area contributed by atoms with E-state index in [-0.39, 0.29) is 5.60 Å². The van der Waals surface area contributed by atoms with Gasteiger partial charge in [0.15, 0.2) is 0 Å². The Labute approximate surface area is 77.9 Å². The maximum atomic E-state index is 5.79. The first-order valence-electron chi connectivity index (χ1n) is 4.64. The molecule has 0 radical (unpaired) electrons. The fourth-order valence-corrected chi connectivity index (χ4v) is 1.41. The summed E-state index contributed by atoms with van der Waals surface area (Å²) in [7, 11) is 0. The van der Waals surface area contributed by atoms with Gasteiger partial charge in [0.05, 0.1) is 0 Å². The number of nitrogens with one attached hydrogen (secondary N) is 1. The Hall–Kier alpha value is -1.03. The van der Waals surface area contributed by atoms with Crippen LogP contribution in [0.1, 0.15) is 13.8 Å². The van der Waals surface area contributed by atoms with Gasteiger partial charge in [-0.15, -0.1) is 0 Å². The second-order valence-corrected chi connectivity index (χ2v) is 3.65. The van der Waals surface area contributed by atoms with Crippen molar-refractivity contribution >= 4 is 0 Å². The fraction of sp³-hybridized carbons (Fsp3) is 0.667. The van der Waals surface area contributed by atoms with Crippen LogP contribution in [0.5, 0.6) is 6.01 Å². The number of ether oxygens (including phenoxy) is 1. The van der Waals surface area contributed by atoms with Crippen molar-refractivity contribution < 1.29 is 4.74 Å². The minimum absolute atomic E-state index is 0.0573. The second-order valence-electron chi connectivity index (χ2n) is 3.65. The summed E-state index contributed by atoms with van der Waals surface area (Å²) in [6.45, 7) is 6.89. The smallest absolute Gasteiger partial charge is 0.296 e. The number of aromatic nitrogens is 2. The zero-order valence-corrected chi connectivity index (χ0v) is 8.08. The molecule has 1 N–H and O–H groups in total. The van der Waals surface area contributed by atoms with Gasteiger partial charge in [0, 0.05) is 32.0 Å². The van der Waals surface area contributed by atoms with E-state index < -0.39 is 0 Å². The molecule has 4 nitrogen and oxygen atoms in total. The SMILES string of the molecule is CCn1ccnc1OC1(C)CNC1. The monoisotopic (exact) mass is 181 g/mol. The number of imidazole rings is 1. The molecule has 0 atom stereocenters. The molecule has 1 aromatic rings. The van der Waals surface area contributed by atoms with Gasteiger partial charge in [-0.1, -0.05) is 0 Å². The van der Waals surface area contributed by atoms with Gasteiger partial charge in [0.1, 0.15) is 5.60 Å². The van der Waals surface area contributed by atoms with Gasteiger partial charge in [0.2, 0.25) is 0 Å². The summed E-state index contributed by atoms with van der Waals surface area (Å²) in [6.07, 6.45) is 3.71. The van der Waals surface area contributed by atoms with Crippen LogP contribution < -0.4 is 10.1 Å². The first-order chi connectivity index (χ1) is 6.23. The van der Waals surface area contributed by atoms with Crippen molar-refractivity contribution in [2.24, 2.45) is 0 Å². The lowest BCUT2D eigenvalue weighted by atomic mass is 10.0. The molecule has 72 valence electrons. The second kappa shape index (κ2) is 3.03. The summed E-state index contributed by atoms with van der Waals surface area (Å²) in [5.74, 6) is 0. The van der Waals surface area contributed by atoms with Crippen LogP contribution >= 0.6 is 0 Å². The minimum Gasteiger partial charge on any atom is -0.456 e. The Morgan fingerprint density at radius 2 is 2.46 bits per heavy atom. The van der Waals surface area contributed by atoms with E-state index in [1.54, 1.807) is 6.20 Å². The highest BCUT2D eigenvalue weighted by Crippen LogP contribution is 2.19. The molecule has 0 bridgehead atoms. The normalized spacial score (nSPS) is 19.5. The van der Waals surface area contributed by atoms with Crippen molar-refractivity contribution in [2.75, 3.05) is 13.1 Å². The Bertz CT molecular complexity index is 291. The van der Waals surface area contributed by atoms with Gasteiger partial charge in [-0.2, -0.15) is 0 Å². The third-order valence-corrected chi connectivity index (χ3v) is 2.35. The summed E-state index contributed by atoms with van der Waals surface area (Å²) in [6, 6.07) is 0.728. The van der Waals surface area contributed by atoms with Crippen LogP contribution in [-0.2, 0) is 6.54 Å². The molecule has 0 amide bonds. The summed E-state index contributed by atoms with van der Waals surface area (Å²) < 4.78 is 7.79. The number of hydrogen-bond donors (Lipinski definition) is 1. The largest absolute Gasteiger partial charge is 0.456 e. The summed E-state index contributed by atoms with van der Waals surface area (Å²) in [5, 5.41) is 3.19. The molecule has 0 saturated carbocycles. The molecule has 0 aliphatic carbocycles. The van der Waals surface area contributed by atoms with Crippen molar-refractivity contribution in [3.8, 4) is 6.01 Å². The quantitative estimate of drug-likeness (QED) is 0.744. The molecule has 0 spiro atoms. The fourth-order valence-electron chi connectivity index (χ4n) is 1.41. The molecule has 0 aromatic carbocycles. The molecule has 1 saturated heterocycles. The van der Waals surface area contributed by atoms with Crippen molar-refractivity contribution in [2.45, 2.75) is 26.0 Å². The Balaban J connectivity index is 2.08. The van der Waals surface area contributed by atoms with Gasteiger partial charge in [-0.3, -0.25) is 0 Å². The third-order valence-electron chi connectivity index (χ3n) is 2.35. The zero-order valence-electron chi connectivity index (χ0n) is 8.08. The van der Waals surface area contributed by atoms with E-state index in [9.17, 15) is 0 Å². The molecule has 13 heavy (non-hydrogen) atoms. The van der Waals surface area contributed by atoms with Crippen LogP contribution in [0.3, 0.4) is 0 Å². The molecule has 2 rings (SSSR count). The minimum atomic E-state index is -0.0573. The summed E-state index contributed by atoms with van der Waals surface area (Å²) in [5.41, 5.74) is -0.0573. The molecule has 1 aliphatic rings. The van der Waals surface area contributed by atoms with Gasteiger partial charge in [-0.05, 0) is 13.8 Å². The first kappa shape index (κ1) is 8.56. The Morgan fingerprint density at radius 3 is 3.00 bits per heavy atom. The van der Waals surface area contributed by atoms with Gasteiger partial charge < -0.3 is 14.6 Å². The highest BCUT2D eigenvalue weighted by molar-refractivity contribution is 5.04.